The summed E-state index contributed by atoms with van der Waals surface area (Å²) in [6, 6.07) is 13.0. The Labute approximate surface area is 173 Å². The molecule has 3 N–H and O–H groups in total. The van der Waals surface area contributed by atoms with Gasteiger partial charge in [0, 0.05) is 36.5 Å². The molecule has 2 aromatic heterocycles. The van der Waals surface area contributed by atoms with Crippen LogP contribution >= 0.6 is 12.2 Å². The first kappa shape index (κ1) is 19.2. The lowest BCUT2D eigenvalue weighted by Gasteiger charge is -2.15. The van der Waals surface area contributed by atoms with Gasteiger partial charge < -0.3 is 10.1 Å². The molecule has 1 aliphatic rings. The van der Waals surface area contributed by atoms with E-state index in [1.807, 2.05) is 36.4 Å². The van der Waals surface area contributed by atoms with Crippen molar-refractivity contribution in [3.63, 3.8) is 0 Å². The number of rotatable bonds is 4. The summed E-state index contributed by atoms with van der Waals surface area (Å²) in [4.78, 5) is 21.6. The van der Waals surface area contributed by atoms with Crippen molar-refractivity contribution in [3.8, 4) is 11.3 Å². The summed E-state index contributed by atoms with van der Waals surface area (Å²) in [6.07, 6.45) is 5.65. The van der Waals surface area contributed by atoms with E-state index in [1.54, 1.807) is 18.5 Å². The number of para-hydroxylation sites is 1. The van der Waals surface area contributed by atoms with Crippen molar-refractivity contribution >= 4 is 34.1 Å². The third kappa shape index (κ3) is 4.67. The number of hydrogen-bond donors (Lipinski definition) is 3. The molecule has 4 rings (SSSR count). The number of ether oxygens (including phenoxy) is 1. The fourth-order valence-electron chi connectivity index (χ4n) is 3.27. The summed E-state index contributed by atoms with van der Waals surface area (Å²) in [7, 11) is 0. The van der Waals surface area contributed by atoms with E-state index in [0.717, 1.165) is 35.9 Å². The summed E-state index contributed by atoms with van der Waals surface area (Å²) in [5, 5.41) is 4.18. The summed E-state index contributed by atoms with van der Waals surface area (Å²) in [6.45, 7) is 1.41. The van der Waals surface area contributed by atoms with Crippen molar-refractivity contribution in [1.82, 2.24) is 26.1 Å². The molecule has 0 unspecified atom stereocenters. The molecule has 1 aliphatic heterocycles. The van der Waals surface area contributed by atoms with Crippen LogP contribution in [0.5, 0.6) is 0 Å². The topological polar surface area (TPSA) is 88.2 Å². The Morgan fingerprint density at radius 3 is 2.79 bits per heavy atom. The van der Waals surface area contributed by atoms with Gasteiger partial charge in [0.25, 0.3) is 5.91 Å². The number of carbonyl (C=O) groups is 1. The van der Waals surface area contributed by atoms with Crippen LogP contribution in [0.15, 0.2) is 54.9 Å². The van der Waals surface area contributed by atoms with Crippen LogP contribution in [-0.4, -0.2) is 40.2 Å². The van der Waals surface area contributed by atoms with E-state index in [0.29, 0.717) is 22.9 Å². The smallest absolute Gasteiger partial charge is 0.270 e. The molecule has 1 aromatic carbocycles. The SMILES string of the molecule is O=C(NNC(=S)NC[C@@H]1CCCO1)c1cc(-c2ccncc2)nc2ccccc12. The lowest BCUT2D eigenvalue weighted by molar-refractivity contribution is 0.0944. The van der Waals surface area contributed by atoms with Crippen molar-refractivity contribution < 1.29 is 9.53 Å². The first-order valence-electron chi connectivity index (χ1n) is 9.47. The standard InChI is InChI=1S/C21H21N5O2S/c27-20(25-26-21(29)23-13-15-4-3-11-28-15)17-12-19(14-7-9-22-10-8-14)24-18-6-2-1-5-16(17)18/h1-2,5-10,12,15H,3-4,11,13H2,(H,25,27)(H2,23,26,29)/t15-/m0/s1. The van der Waals surface area contributed by atoms with Gasteiger partial charge in [0.2, 0.25) is 0 Å². The van der Waals surface area contributed by atoms with Crippen LogP contribution in [0.3, 0.4) is 0 Å². The fraction of sp³-hybridized carbons (Fsp3) is 0.238. The molecule has 3 heterocycles. The second kappa shape index (κ2) is 8.93. The van der Waals surface area contributed by atoms with E-state index in [1.165, 1.54) is 0 Å². The van der Waals surface area contributed by atoms with Crippen LogP contribution in [0.1, 0.15) is 23.2 Å². The van der Waals surface area contributed by atoms with E-state index < -0.39 is 0 Å². The van der Waals surface area contributed by atoms with E-state index >= 15 is 0 Å². The minimum atomic E-state index is -0.292. The number of nitrogens with one attached hydrogen (secondary N) is 3. The molecule has 3 aromatic rings. The van der Waals surface area contributed by atoms with E-state index in [2.05, 4.69) is 26.1 Å². The predicted octanol–water partition coefficient (Wildman–Crippen LogP) is 2.58. The Kier molecular flexibility index (Phi) is 5.92. The second-order valence-corrected chi connectivity index (χ2v) is 7.14. The number of nitrogens with zero attached hydrogens (tertiary/aromatic N) is 2. The molecule has 0 spiro atoms. The molecule has 1 saturated heterocycles. The molecule has 1 amide bonds. The second-order valence-electron chi connectivity index (χ2n) is 6.73. The molecule has 1 fully saturated rings. The Hall–Kier alpha value is -3.10. The highest BCUT2D eigenvalue weighted by Crippen LogP contribution is 2.24. The average molecular weight is 407 g/mol. The third-order valence-electron chi connectivity index (χ3n) is 4.74. The van der Waals surface area contributed by atoms with E-state index in [4.69, 9.17) is 17.0 Å². The molecule has 0 bridgehead atoms. The molecule has 0 aliphatic carbocycles. The highest BCUT2D eigenvalue weighted by molar-refractivity contribution is 7.80. The summed E-state index contributed by atoms with van der Waals surface area (Å²) < 4.78 is 5.55. The van der Waals surface area contributed by atoms with Gasteiger partial charge in [0.05, 0.1) is 22.9 Å². The van der Waals surface area contributed by atoms with Gasteiger partial charge in [-0.2, -0.15) is 0 Å². The van der Waals surface area contributed by atoms with Gasteiger partial charge in [-0.1, -0.05) is 18.2 Å². The van der Waals surface area contributed by atoms with Gasteiger partial charge in [-0.3, -0.25) is 20.6 Å². The number of hydrogen-bond acceptors (Lipinski definition) is 5. The summed E-state index contributed by atoms with van der Waals surface area (Å²) in [5.74, 6) is -0.292. The van der Waals surface area contributed by atoms with Crippen LogP contribution in [-0.2, 0) is 4.74 Å². The number of thiocarbonyl (C=S) groups is 1. The van der Waals surface area contributed by atoms with Gasteiger partial charge in [0.15, 0.2) is 5.11 Å². The quantitative estimate of drug-likeness (QED) is 0.453. The first-order chi connectivity index (χ1) is 14.2. The number of fused-ring (bicyclic) bond motifs is 1. The summed E-state index contributed by atoms with van der Waals surface area (Å²) >= 11 is 5.24. The maximum Gasteiger partial charge on any atom is 0.270 e. The van der Waals surface area contributed by atoms with Gasteiger partial charge >= 0.3 is 0 Å². The molecule has 8 heteroatoms. The fourth-order valence-corrected chi connectivity index (χ4v) is 3.41. The number of pyridine rings is 2. The number of benzene rings is 1. The highest BCUT2D eigenvalue weighted by Gasteiger charge is 2.16. The number of amides is 1. The molecule has 148 valence electrons. The highest BCUT2D eigenvalue weighted by atomic mass is 32.1. The van der Waals surface area contributed by atoms with Crippen LogP contribution in [0.2, 0.25) is 0 Å². The molecule has 7 nitrogen and oxygen atoms in total. The van der Waals surface area contributed by atoms with Gasteiger partial charge in [0.1, 0.15) is 0 Å². The number of hydrazine groups is 1. The molecule has 1 atom stereocenters. The number of carbonyl (C=O) groups excluding carboxylic acids is 1. The lowest BCUT2D eigenvalue weighted by Crippen LogP contribution is -2.48. The Morgan fingerprint density at radius 2 is 2.00 bits per heavy atom. The minimum Gasteiger partial charge on any atom is -0.376 e. The van der Waals surface area contributed by atoms with Crippen LogP contribution < -0.4 is 16.2 Å². The zero-order chi connectivity index (χ0) is 20.1. The van der Waals surface area contributed by atoms with Crippen molar-refractivity contribution in [1.29, 1.82) is 0 Å². The van der Waals surface area contributed by atoms with Crippen molar-refractivity contribution in [2.24, 2.45) is 0 Å². The Bertz CT molecular complexity index is 1020. The van der Waals surface area contributed by atoms with Gasteiger partial charge in [-0.15, -0.1) is 0 Å². The van der Waals surface area contributed by atoms with Gasteiger partial charge in [-0.25, -0.2) is 4.98 Å². The molecular formula is C21H21N5O2S. The zero-order valence-corrected chi connectivity index (χ0v) is 16.5. The molecule has 0 radical (unpaired) electrons. The first-order valence-corrected chi connectivity index (χ1v) is 9.87. The maximum absolute atomic E-state index is 12.9. The monoisotopic (exact) mass is 407 g/mol. The normalized spacial score (nSPS) is 15.8. The average Bonchev–Trinajstić information content (AvgIpc) is 3.29. The van der Waals surface area contributed by atoms with Crippen molar-refractivity contribution in [2.45, 2.75) is 18.9 Å². The predicted molar refractivity (Wildman–Crippen MR) is 115 cm³/mol. The lowest BCUT2D eigenvalue weighted by atomic mass is 10.0. The Morgan fingerprint density at radius 1 is 1.17 bits per heavy atom. The third-order valence-corrected chi connectivity index (χ3v) is 4.99. The van der Waals surface area contributed by atoms with E-state index in [-0.39, 0.29) is 12.0 Å². The molecular weight excluding hydrogens is 386 g/mol. The molecule has 0 saturated carbocycles. The minimum absolute atomic E-state index is 0.164. The van der Waals surface area contributed by atoms with E-state index in [9.17, 15) is 4.79 Å². The van der Waals surface area contributed by atoms with Crippen molar-refractivity contribution in [2.75, 3.05) is 13.2 Å². The zero-order valence-electron chi connectivity index (χ0n) is 15.7. The summed E-state index contributed by atoms with van der Waals surface area (Å²) in [5.41, 5.74) is 8.28. The van der Waals surface area contributed by atoms with Crippen LogP contribution in [0.4, 0.5) is 0 Å². The van der Waals surface area contributed by atoms with Crippen LogP contribution in [0, 0.1) is 0 Å². The maximum atomic E-state index is 12.9. The number of aromatic nitrogens is 2. The van der Waals surface area contributed by atoms with Crippen LogP contribution in [0.25, 0.3) is 22.2 Å². The molecule has 29 heavy (non-hydrogen) atoms. The Balaban J connectivity index is 1.49. The largest absolute Gasteiger partial charge is 0.376 e. The van der Waals surface area contributed by atoms with Gasteiger partial charge in [-0.05, 0) is 49.3 Å². The van der Waals surface area contributed by atoms with Crippen molar-refractivity contribution in [3.05, 3.63) is 60.4 Å².